The quantitative estimate of drug-likeness (QED) is 0.252. The van der Waals surface area contributed by atoms with E-state index in [2.05, 4.69) is 60.3 Å². The van der Waals surface area contributed by atoms with Crippen LogP contribution < -0.4 is 0 Å². The molecule has 3 unspecified atom stereocenters. The third-order valence-corrected chi connectivity index (χ3v) is 10.9. The van der Waals surface area contributed by atoms with Crippen LogP contribution in [0.5, 0.6) is 0 Å². The Labute approximate surface area is 261 Å². The molecule has 0 N–H and O–H groups in total. The molecule has 3 atom stereocenters. The fraction of sp³-hybridized carbons (Fsp3) is 0.588. The predicted octanol–water partition coefficient (Wildman–Crippen LogP) is 8.21. The molecule has 0 amide bonds. The van der Waals surface area contributed by atoms with Crippen LogP contribution in [0.2, 0.25) is 5.02 Å². The van der Waals surface area contributed by atoms with Crippen molar-refractivity contribution in [3.8, 4) is 0 Å². The van der Waals surface area contributed by atoms with E-state index < -0.39 is 11.9 Å². The van der Waals surface area contributed by atoms with Gasteiger partial charge in [-0.05, 0) is 87.7 Å². The summed E-state index contributed by atoms with van der Waals surface area (Å²) in [5, 5.41) is 0.774. The standard InChI is InChI=1S/C34H46ClN3O3S/c1-37(2)31(27-18-20-29(35)21-19-27)26-14-16-28(17-15-26)32-34(41-33(39)40-3,23-42-22-25-10-6-4-7-11-25)36-24-38(32)30-12-8-5-9-13-30/h4,6-7,10-11,18-21,24,26,28,30-32H,5,8-9,12-17,22-23H2,1-3H3. The maximum absolute atomic E-state index is 12.8. The van der Waals surface area contributed by atoms with E-state index in [9.17, 15) is 4.79 Å². The van der Waals surface area contributed by atoms with Gasteiger partial charge >= 0.3 is 6.16 Å². The summed E-state index contributed by atoms with van der Waals surface area (Å²) in [5.74, 6) is 2.37. The van der Waals surface area contributed by atoms with Crippen molar-refractivity contribution in [1.82, 2.24) is 9.80 Å². The van der Waals surface area contributed by atoms with E-state index in [1.54, 1.807) is 11.8 Å². The lowest BCUT2D eigenvalue weighted by atomic mass is 9.72. The van der Waals surface area contributed by atoms with E-state index in [1.807, 2.05) is 24.5 Å². The highest BCUT2D eigenvalue weighted by Gasteiger charge is 2.54. The van der Waals surface area contributed by atoms with E-state index in [-0.39, 0.29) is 6.04 Å². The first-order valence-corrected chi connectivity index (χ1v) is 17.1. The summed E-state index contributed by atoms with van der Waals surface area (Å²) in [6.07, 6.45) is 11.9. The number of rotatable bonds is 10. The van der Waals surface area contributed by atoms with E-state index in [0.29, 0.717) is 29.7 Å². The van der Waals surface area contributed by atoms with Gasteiger partial charge in [-0.25, -0.2) is 9.79 Å². The molecular formula is C34H46ClN3O3S. The van der Waals surface area contributed by atoms with Gasteiger partial charge in [-0.2, -0.15) is 11.8 Å². The van der Waals surface area contributed by atoms with E-state index in [4.69, 9.17) is 26.1 Å². The van der Waals surface area contributed by atoms with Crippen molar-refractivity contribution in [1.29, 1.82) is 0 Å². The van der Waals surface area contributed by atoms with Gasteiger partial charge < -0.3 is 19.3 Å². The van der Waals surface area contributed by atoms with Gasteiger partial charge in [0.05, 0.1) is 25.2 Å². The Morgan fingerprint density at radius 3 is 2.36 bits per heavy atom. The number of carbonyl (C=O) groups is 1. The van der Waals surface area contributed by atoms with Crippen molar-refractivity contribution in [3.63, 3.8) is 0 Å². The van der Waals surface area contributed by atoms with Gasteiger partial charge in [0.15, 0.2) is 0 Å². The smallest absolute Gasteiger partial charge is 0.438 e. The molecule has 0 aromatic heterocycles. The molecule has 0 saturated heterocycles. The zero-order valence-electron chi connectivity index (χ0n) is 25.3. The molecule has 5 rings (SSSR count). The number of ether oxygens (including phenoxy) is 2. The summed E-state index contributed by atoms with van der Waals surface area (Å²) in [4.78, 5) is 22.7. The van der Waals surface area contributed by atoms with Gasteiger partial charge in [0.25, 0.3) is 0 Å². The van der Waals surface area contributed by atoms with Crippen LogP contribution in [0.3, 0.4) is 0 Å². The lowest BCUT2D eigenvalue weighted by Crippen LogP contribution is -2.57. The van der Waals surface area contributed by atoms with Gasteiger partial charge in [0.1, 0.15) is 0 Å². The largest absolute Gasteiger partial charge is 0.510 e. The average Bonchev–Trinajstić information content (AvgIpc) is 3.38. The number of nitrogens with zero attached hydrogens (tertiary/aromatic N) is 3. The Hall–Kier alpha value is -2.22. The Morgan fingerprint density at radius 2 is 1.71 bits per heavy atom. The lowest BCUT2D eigenvalue weighted by Gasteiger charge is -2.47. The lowest BCUT2D eigenvalue weighted by molar-refractivity contribution is -0.0654. The molecule has 2 aromatic rings. The highest BCUT2D eigenvalue weighted by Crippen LogP contribution is 2.47. The fourth-order valence-electron chi connectivity index (χ4n) is 7.60. The van der Waals surface area contributed by atoms with Crippen LogP contribution in [0.4, 0.5) is 4.79 Å². The summed E-state index contributed by atoms with van der Waals surface area (Å²) in [6, 6.07) is 19.6. The van der Waals surface area contributed by atoms with Gasteiger partial charge in [0.2, 0.25) is 5.72 Å². The molecule has 42 heavy (non-hydrogen) atoms. The van der Waals surface area contributed by atoms with Crippen molar-refractivity contribution in [2.75, 3.05) is 27.0 Å². The summed E-state index contributed by atoms with van der Waals surface area (Å²) >= 11 is 8.01. The van der Waals surface area contributed by atoms with Crippen LogP contribution in [-0.4, -0.2) is 67.1 Å². The van der Waals surface area contributed by atoms with E-state index >= 15 is 0 Å². The molecular weight excluding hydrogens is 566 g/mol. The zero-order chi connectivity index (χ0) is 29.5. The zero-order valence-corrected chi connectivity index (χ0v) is 26.9. The SMILES string of the molecule is COC(=O)OC1(CSCc2ccccc2)N=CN(C2CCCCC2)C1C1CCC(C(c2ccc(Cl)cc2)N(C)C)CC1. The maximum Gasteiger partial charge on any atom is 0.510 e. The molecule has 0 bridgehead atoms. The first kappa shape index (κ1) is 31.2. The Bertz CT molecular complexity index is 1170. The molecule has 8 heteroatoms. The highest BCUT2D eigenvalue weighted by molar-refractivity contribution is 7.98. The van der Waals surface area contributed by atoms with Gasteiger partial charge in [0, 0.05) is 22.9 Å². The minimum absolute atomic E-state index is 0.0114. The highest BCUT2D eigenvalue weighted by atomic mass is 35.5. The van der Waals surface area contributed by atoms with Crippen molar-refractivity contribution < 1.29 is 14.3 Å². The summed E-state index contributed by atoms with van der Waals surface area (Å²) in [5.41, 5.74) is 1.62. The van der Waals surface area contributed by atoms with Crippen LogP contribution >= 0.6 is 23.4 Å². The average molecular weight is 612 g/mol. The maximum atomic E-state index is 12.8. The van der Waals surface area contributed by atoms with Crippen molar-refractivity contribution in [2.24, 2.45) is 16.8 Å². The second kappa shape index (κ2) is 14.5. The molecule has 2 fully saturated rings. The van der Waals surface area contributed by atoms with Crippen LogP contribution in [0, 0.1) is 11.8 Å². The van der Waals surface area contributed by atoms with Gasteiger partial charge in [-0.1, -0.05) is 73.3 Å². The Kier molecular flexibility index (Phi) is 10.8. The Morgan fingerprint density at radius 1 is 1.02 bits per heavy atom. The third kappa shape index (κ3) is 7.28. The normalized spacial score (nSPS) is 27.3. The molecule has 1 aliphatic heterocycles. The predicted molar refractivity (Wildman–Crippen MR) is 173 cm³/mol. The fourth-order valence-corrected chi connectivity index (χ4v) is 8.85. The third-order valence-electron chi connectivity index (χ3n) is 9.51. The molecule has 0 radical (unpaired) electrons. The van der Waals surface area contributed by atoms with E-state index in [0.717, 1.165) is 36.5 Å². The molecule has 2 aromatic carbocycles. The number of halogens is 1. The minimum Gasteiger partial charge on any atom is -0.438 e. The van der Waals surface area contributed by atoms with Crippen LogP contribution in [0.1, 0.15) is 75.0 Å². The minimum atomic E-state index is -0.960. The number of benzene rings is 2. The van der Waals surface area contributed by atoms with Crippen molar-refractivity contribution in [3.05, 3.63) is 70.7 Å². The molecule has 3 aliphatic rings. The second-order valence-electron chi connectivity index (χ2n) is 12.4. The summed E-state index contributed by atoms with van der Waals surface area (Å²) in [6.45, 7) is 0. The summed E-state index contributed by atoms with van der Waals surface area (Å²) in [7, 11) is 5.75. The van der Waals surface area contributed by atoms with Crippen molar-refractivity contribution >= 4 is 35.9 Å². The number of hydrogen-bond acceptors (Lipinski definition) is 7. The second-order valence-corrected chi connectivity index (χ2v) is 13.9. The van der Waals surface area contributed by atoms with Gasteiger partial charge in [-0.15, -0.1) is 0 Å². The monoisotopic (exact) mass is 611 g/mol. The van der Waals surface area contributed by atoms with Crippen LogP contribution in [0.25, 0.3) is 0 Å². The Balaban J connectivity index is 1.38. The van der Waals surface area contributed by atoms with Crippen LogP contribution in [-0.2, 0) is 15.2 Å². The number of aliphatic imine (C=N–C) groups is 1. The van der Waals surface area contributed by atoms with Crippen molar-refractivity contribution in [2.45, 2.75) is 87.4 Å². The summed E-state index contributed by atoms with van der Waals surface area (Å²) < 4.78 is 11.3. The molecule has 2 aliphatic carbocycles. The molecule has 228 valence electrons. The van der Waals surface area contributed by atoms with E-state index in [1.165, 1.54) is 50.3 Å². The molecule has 0 spiro atoms. The topological polar surface area (TPSA) is 54.4 Å². The molecule has 2 saturated carbocycles. The van der Waals surface area contributed by atoms with Crippen LogP contribution in [0.15, 0.2) is 59.6 Å². The molecule has 1 heterocycles. The molecule has 6 nitrogen and oxygen atoms in total. The first-order valence-electron chi connectivity index (χ1n) is 15.5. The number of hydrogen-bond donors (Lipinski definition) is 0. The number of thioether (sulfide) groups is 1. The number of methoxy groups -OCH3 is 1. The van der Waals surface area contributed by atoms with Gasteiger partial charge in [-0.3, -0.25) is 0 Å². The number of carbonyl (C=O) groups excluding carboxylic acids is 1. The first-order chi connectivity index (χ1) is 20.4.